The van der Waals surface area contributed by atoms with E-state index in [0.29, 0.717) is 6.20 Å². The van der Waals surface area contributed by atoms with Crippen LogP contribution in [0.2, 0.25) is 0 Å². The molecule has 0 spiro atoms. The van der Waals surface area contributed by atoms with E-state index >= 15 is 0 Å². The van der Waals surface area contributed by atoms with Gasteiger partial charge in [0.2, 0.25) is 0 Å². The monoisotopic (exact) mass is 249 g/mol. The minimum atomic E-state index is -4.60. The first-order valence-electron chi connectivity index (χ1n) is 4.97. The molecule has 0 atom stereocenters. The summed E-state index contributed by atoms with van der Waals surface area (Å²) in [7, 11) is 0. The van der Waals surface area contributed by atoms with Crippen molar-refractivity contribution in [1.82, 2.24) is 15.1 Å². The lowest BCUT2D eigenvalue weighted by atomic mass is 10.4. The van der Waals surface area contributed by atoms with E-state index in [0.717, 1.165) is 6.07 Å². The van der Waals surface area contributed by atoms with E-state index in [1.165, 1.54) is 6.08 Å². The van der Waals surface area contributed by atoms with E-state index < -0.39 is 12.2 Å². The van der Waals surface area contributed by atoms with Crippen LogP contribution in [0.15, 0.2) is 24.9 Å². The molecule has 1 aromatic rings. The molecule has 0 aliphatic heterocycles. The average molecular weight is 249 g/mol. The third-order valence-electron chi connectivity index (χ3n) is 1.49. The molecule has 1 aromatic heterocycles. The molecule has 1 amide bonds. The summed E-state index contributed by atoms with van der Waals surface area (Å²) in [4.78, 5) is 11.1. The van der Waals surface area contributed by atoms with Gasteiger partial charge < -0.3 is 5.32 Å². The minimum absolute atomic E-state index is 0.178. The molecule has 0 bridgehead atoms. The van der Waals surface area contributed by atoms with E-state index in [4.69, 9.17) is 0 Å². The van der Waals surface area contributed by atoms with Crippen molar-refractivity contribution < 1.29 is 18.0 Å². The molecular weight excluding hydrogens is 235 g/mol. The molecule has 1 heterocycles. The van der Waals surface area contributed by atoms with Crippen molar-refractivity contribution in [1.29, 1.82) is 0 Å². The second kappa shape index (κ2) is 6.72. The van der Waals surface area contributed by atoms with Gasteiger partial charge in [-0.25, -0.2) is 0 Å². The number of hydrogen-bond acceptors (Lipinski definition) is 2. The summed E-state index contributed by atoms with van der Waals surface area (Å²) < 4.78 is 36.0. The molecule has 17 heavy (non-hydrogen) atoms. The van der Waals surface area contributed by atoms with Crippen LogP contribution in [0.5, 0.6) is 0 Å². The van der Waals surface area contributed by atoms with Crippen LogP contribution in [0.25, 0.3) is 0 Å². The molecule has 7 heteroatoms. The summed E-state index contributed by atoms with van der Waals surface area (Å²) in [5.74, 6) is -0.669. The standard InChI is InChI=1S/C8H8F3N3O.C2H6/c1-2-4-12-7(15)6-3-5-14(13-6)8(9,10)11;1-2/h2-3,5H,1,4H2,(H,12,15);1-2H3. The van der Waals surface area contributed by atoms with Crippen molar-refractivity contribution in [2.24, 2.45) is 0 Å². The zero-order valence-corrected chi connectivity index (χ0v) is 9.58. The Hall–Kier alpha value is -1.79. The van der Waals surface area contributed by atoms with Gasteiger partial charge >= 0.3 is 6.30 Å². The normalized spacial score (nSPS) is 10.2. The van der Waals surface area contributed by atoms with E-state index in [9.17, 15) is 18.0 Å². The van der Waals surface area contributed by atoms with Crippen LogP contribution in [0.4, 0.5) is 13.2 Å². The maximum absolute atomic E-state index is 12.1. The number of carbonyl (C=O) groups excluding carboxylic acids is 1. The zero-order chi connectivity index (χ0) is 13.5. The van der Waals surface area contributed by atoms with Gasteiger partial charge in [-0.3, -0.25) is 4.79 Å². The number of aromatic nitrogens is 2. The van der Waals surface area contributed by atoms with Gasteiger partial charge in [0.15, 0.2) is 0 Å². The zero-order valence-electron chi connectivity index (χ0n) is 9.58. The van der Waals surface area contributed by atoms with Gasteiger partial charge in [0.05, 0.1) is 0 Å². The maximum atomic E-state index is 12.1. The highest BCUT2D eigenvalue weighted by Gasteiger charge is 2.32. The highest BCUT2D eigenvalue weighted by Crippen LogP contribution is 2.20. The molecular formula is C10H14F3N3O. The van der Waals surface area contributed by atoms with Gasteiger partial charge in [-0.1, -0.05) is 19.9 Å². The van der Waals surface area contributed by atoms with Gasteiger partial charge in [0.25, 0.3) is 5.91 Å². The lowest BCUT2D eigenvalue weighted by molar-refractivity contribution is -0.212. The fourth-order valence-corrected chi connectivity index (χ4v) is 0.842. The molecule has 0 fully saturated rings. The number of alkyl halides is 3. The number of amides is 1. The first-order chi connectivity index (χ1) is 7.95. The topological polar surface area (TPSA) is 46.9 Å². The van der Waals surface area contributed by atoms with Crippen molar-refractivity contribution in [3.05, 3.63) is 30.6 Å². The Morgan fingerprint density at radius 1 is 1.59 bits per heavy atom. The van der Waals surface area contributed by atoms with Crippen molar-refractivity contribution >= 4 is 5.91 Å². The van der Waals surface area contributed by atoms with Gasteiger partial charge in [0, 0.05) is 12.7 Å². The molecule has 0 saturated heterocycles. The lowest BCUT2D eigenvalue weighted by Crippen LogP contribution is -2.25. The molecule has 1 rings (SSSR count). The summed E-state index contributed by atoms with van der Waals surface area (Å²) in [5.41, 5.74) is -0.283. The van der Waals surface area contributed by atoms with E-state index in [-0.39, 0.29) is 16.9 Å². The molecule has 0 aromatic carbocycles. The van der Waals surface area contributed by atoms with Crippen LogP contribution in [0.3, 0.4) is 0 Å². The number of rotatable bonds is 3. The molecule has 0 aliphatic carbocycles. The molecule has 4 nitrogen and oxygen atoms in total. The molecule has 0 aliphatic rings. The first-order valence-corrected chi connectivity index (χ1v) is 4.97. The number of nitrogens with zero attached hydrogens (tertiary/aromatic N) is 2. The Morgan fingerprint density at radius 2 is 2.18 bits per heavy atom. The van der Waals surface area contributed by atoms with Crippen LogP contribution >= 0.6 is 0 Å². The molecule has 0 saturated carbocycles. The smallest absolute Gasteiger partial charge is 0.347 e. The number of halogens is 3. The van der Waals surface area contributed by atoms with E-state index in [1.807, 2.05) is 13.8 Å². The number of nitrogens with one attached hydrogen (secondary N) is 1. The van der Waals surface area contributed by atoms with Gasteiger partial charge in [-0.15, -0.1) is 19.8 Å². The molecule has 0 radical (unpaired) electrons. The summed E-state index contributed by atoms with van der Waals surface area (Å²) in [6.45, 7) is 7.53. The van der Waals surface area contributed by atoms with Crippen molar-refractivity contribution in [2.45, 2.75) is 20.1 Å². The SMILES string of the molecule is C=CCNC(=O)c1ccn(C(F)(F)F)n1.CC. The Bertz CT molecular complexity index is 371. The van der Waals surface area contributed by atoms with Crippen LogP contribution in [0.1, 0.15) is 24.3 Å². The lowest BCUT2D eigenvalue weighted by Gasteiger charge is -2.04. The highest BCUT2D eigenvalue weighted by atomic mass is 19.4. The fraction of sp³-hybridized carbons (Fsp3) is 0.400. The quantitative estimate of drug-likeness (QED) is 0.835. The van der Waals surface area contributed by atoms with Crippen molar-refractivity contribution in [2.75, 3.05) is 6.54 Å². The number of hydrogen-bond donors (Lipinski definition) is 1. The van der Waals surface area contributed by atoms with Gasteiger partial charge in [-0.2, -0.15) is 9.78 Å². The summed E-state index contributed by atoms with van der Waals surface area (Å²) in [5, 5.41) is 5.39. The second-order valence-electron chi connectivity index (χ2n) is 2.61. The first kappa shape index (κ1) is 15.2. The number of carbonyl (C=O) groups is 1. The maximum Gasteiger partial charge on any atom is 0.504 e. The van der Waals surface area contributed by atoms with Gasteiger partial charge in [-0.05, 0) is 6.07 Å². The van der Waals surface area contributed by atoms with Crippen molar-refractivity contribution in [3.63, 3.8) is 0 Å². The summed E-state index contributed by atoms with van der Waals surface area (Å²) >= 11 is 0. The van der Waals surface area contributed by atoms with E-state index in [1.54, 1.807) is 0 Å². The summed E-state index contributed by atoms with van der Waals surface area (Å²) in [6, 6.07) is 0.992. The fourth-order valence-electron chi connectivity index (χ4n) is 0.842. The largest absolute Gasteiger partial charge is 0.504 e. The highest BCUT2D eigenvalue weighted by molar-refractivity contribution is 5.92. The third-order valence-corrected chi connectivity index (χ3v) is 1.49. The van der Waals surface area contributed by atoms with Gasteiger partial charge in [0.1, 0.15) is 5.69 Å². The predicted octanol–water partition coefficient (Wildman–Crippen LogP) is 2.30. The molecule has 1 N–H and O–H groups in total. The third kappa shape index (κ3) is 4.71. The van der Waals surface area contributed by atoms with Crippen LogP contribution in [0, 0.1) is 0 Å². The molecule has 96 valence electrons. The second-order valence-corrected chi connectivity index (χ2v) is 2.61. The van der Waals surface area contributed by atoms with E-state index in [2.05, 4.69) is 17.0 Å². The average Bonchev–Trinajstić information content (AvgIpc) is 2.77. The summed E-state index contributed by atoms with van der Waals surface area (Å²) in [6.07, 6.45) is -2.50. The van der Waals surface area contributed by atoms with Crippen LogP contribution in [-0.4, -0.2) is 22.2 Å². The Labute approximate surface area is 97.1 Å². The Morgan fingerprint density at radius 3 is 2.59 bits per heavy atom. The van der Waals surface area contributed by atoms with Crippen LogP contribution < -0.4 is 5.32 Å². The Balaban J connectivity index is 0.00000121. The van der Waals surface area contributed by atoms with Crippen LogP contribution in [-0.2, 0) is 6.30 Å². The minimum Gasteiger partial charge on any atom is -0.347 e. The predicted molar refractivity (Wildman–Crippen MR) is 57.4 cm³/mol. The Kier molecular flexibility index (Phi) is 6.01. The molecule has 0 unspecified atom stereocenters. The van der Waals surface area contributed by atoms with Crippen molar-refractivity contribution in [3.8, 4) is 0 Å².